The summed E-state index contributed by atoms with van der Waals surface area (Å²) in [7, 11) is -4.59. The van der Waals surface area contributed by atoms with Crippen LogP contribution in [0.5, 0.6) is 0 Å². The largest absolute Gasteiger partial charge is 0.462 e. The Morgan fingerprint density at radius 2 is 0.879 bits per heavy atom. The standard InChI is InChI=1S/C45H86O12S/c1-3-5-7-9-11-13-15-16-17-18-19-20-21-22-24-25-27-29-31-33-40(46)54-35-38(56-41(47)34-32-30-28-26-23-14-12-10-8-6-4-2)36-55-45-44(50)43(49)42(48)39(57-45)37-58(51,52)53/h38-39,42-45,48-50H,3-37H2,1-2H3,(H,51,52,53)/t38-,39-,42-,43?,44?,45+/m1/s1. The van der Waals surface area contributed by atoms with Crippen LogP contribution in [0.15, 0.2) is 0 Å². The first-order chi connectivity index (χ1) is 28.0. The predicted octanol–water partition coefficient (Wildman–Crippen LogP) is 9.68. The summed E-state index contributed by atoms with van der Waals surface area (Å²) in [6.07, 6.45) is 27.3. The molecule has 1 fully saturated rings. The van der Waals surface area contributed by atoms with Crippen molar-refractivity contribution in [2.75, 3.05) is 19.0 Å². The van der Waals surface area contributed by atoms with E-state index in [-0.39, 0.29) is 19.4 Å². The molecular formula is C45H86O12S. The molecule has 0 aliphatic carbocycles. The summed E-state index contributed by atoms with van der Waals surface area (Å²) in [5, 5.41) is 30.9. The van der Waals surface area contributed by atoms with E-state index in [0.717, 1.165) is 38.5 Å². The second kappa shape index (κ2) is 36.3. The van der Waals surface area contributed by atoms with E-state index < -0.39 is 71.2 Å². The lowest BCUT2D eigenvalue weighted by atomic mass is 10.00. The Kier molecular flexibility index (Phi) is 34.2. The lowest BCUT2D eigenvalue weighted by Gasteiger charge is -2.40. The number of unbranched alkanes of at least 4 members (excludes halogenated alkanes) is 28. The minimum Gasteiger partial charge on any atom is -0.462 e. The van der Waals surface area contributed by atoms with Gasteiger partial charge in [0.1, 0.15) is 36.8 Å². The van der Waals surface area contributed by atoms with Gasteiger partial charge in [-0.05, 0) is 12.8 Å². The van der Waals surface area contributed by atoms with Crippen molar-refractivity contribution < 1.29 is 56.8 Å². The van der Waals surface area contributed by atoms with E-state index in [1.54, 1.807) is 0 Å². The number of carbonyl (C=O) groups excluding carboxylic acids is 2. The lowest BCUT2D eigenvalue weighted by Crippen LogP contribution is -2.60. The maximum atomic E-state index is 12.8. The van der Waals surface area contributed by atoms with Gasteiger partial charge in [-0.1, -0.05) is 194 Å². The molecule has 0 amide bonds. The molecule has 0 aromatic rings. The van der Waals surface area contributed by atoms with Gasteiger partial charge in [0.15, 0.2) is 12.4 Å². The number of rotatable bonds is 40. The van der Waals surface area contributed by atoms with Crippen LogP contribution in [0.25, 0.3) is 0 Å². The third-order valence-corrected chi connectivity index (χ3v) is 11.9. The number of esters is 2. The fourth-order valence-electron chi connectivity index (χ4n) is 7.50. The molecule has 2 unspecified atom stereocenters. The minimum atomic E-state index is -4.59. The van der Waals surface area contributed by atoms with Crippen molar-refractivity contribution in [2.45, 2.75) is 256 Å². The second-order valence-electron chi connectivity index (χ2n) is 16.8. The van der Waals surface area contributed by atoms with Crippen molar-refractivity contribution in [3.63, 3.8) is 0 Å². The van der Waals surface area contributed by atoms with Crippen LogP contribution in [-0.2, 0) is 38.7 Å². The zero-order valence-corrected chi connectivity index (χ0v) is 37.5. The van der Waals surface area contributed by atoms with E-state index in [9.17, 15) is 37.9 Å². The molecule has 58 heavy (non-hydrogen) atoms. The minimum absolute atomic E-state index is 0.171. The molecule has 1 rings (SSSR count). The summed E-state index contributed by atoms with van der Waals surface area (Å²) in [4.78, 5) is 25.4. The molecule has 0 aromatic carbocycles. The number of hydrogen-bond donors (Lipinski definition) is 4. The van der Waals surface area contributed by atoms with Gasteiger partial charge in [-0.15, -0.1) is 0 Å². The van der Waals surface area contributed by atoms with E-state index >= 15 is 0 Å². The molecule has 0 aromatic heterocycles. The van der Waals surface area contributed by atoms with Gasteiger partial charge < -0.3 is 34.3 Å². The summed E-state index contributed by atoms with van der Waals surface area (Å²) in [6.45, 7) is 3.77. The maximum absolute atomic E-state index is 12.8. The van der Waals surface area contributed by atoms with Crippen LogP contribution in [0.4, 0.5) is 0 Å². The fraction of sp³-hybridized carbons (Fsp3) is 0.956. The topological polar surface area (TPSA) is 186 Å². The molecule has 1 aliphatic rings. The van der Waals surface area contributed by atoms with Gasteiger partial charge in [0, 0.05) is 12.8 Å². The molecule has 6 atom stereocenters. The Bertz CT molecular complexity index is 1090. The summed E-state index contributed by atoms with van der Waals surface area (Å²) in [5.41, 5.74) is 0. The Balaban J connectivity index is 2.36. The average molecular weight is 851 g/mol. The molecule has 0 bridgehead atoms. The normalized spacial score (nSPS) is 20.3. The van der Waals surface area contributed by atoms with Crippen molar-refractivity contribution in [1.29, 1.82) is 0 Å². The number of carbonyl (C=O) groups is 2. The average Bonchev–Trinajstić information content (AvgIpc) is 3.18. The molecule has 344 valence electrons. The van der Waals surface area contributed by atoms with Crippen LogP contribution in [0, 0.1) is 0 Å². The smallest absolute Gasteiger partial charge is 0.306 e. The number of ether oxygens (including phenoxy) is 4. The zero-order chi connectivity index (χ0) is 42.7. The van der Waals surface area contributed by atoms with Crippen molar-refractivity contribution >= 4 is 22.1 Å². The highest BCUT2D eigenvalue weighted by Gasteiger charge is 2.46. The molecule has 0 saturated carbocycles. The van der Waals surface area contributed by atoms with Crippen LogP contribution in [0.1, 0.15) is 219 Å². The van der Waals surface area contributed by atoms with Gasteiger partial charge in [-0.25, -0.2) is 0 Å². The monoisotopic (exact) mass is 851 g/mol. The fourth-order valence-corrected chi connectivity index (χ4v) is 8.19. The molecule has 0 radical (unpaired) electrons. The third kappa shape index (κ3) is 30.6. The van der Waals surface area contributed by atoms with Gasteiger partial charge in [0.25, 0.3) is 10.1 Å². The van der Waals surface area contributed by atoms with Gasteiger partial charge in [-0.2, -0.15) is 8.42 Å². The van der Waals surface area contributed by atoms with Crippen molar-refractivity contribution in [3.8, 4) is 0 Å². The van der Waals surface area contributed by atoms with Gasteiger partial charge >= 0.3 is 11.9 Å². The quantitative estimate of drug-likeness (QED) is 0.0260. The third-order valence-electron chi connectivity index (χ3n) is 11.2. The van der Waals surface area contributed by atoms with Crippen molar-refractivity contribution in [1.82, 2.24) is 0 Å². The molecule has 1 heterocycles. The summed E-state index contributed by atoms with van der Waals surface area (Å²) in [6, 6.07) is 0. The second-order valence-corrected chi connectivity index (χ2v) is 18.3. The van der Waals surface area contributed by atoms with Crippen molar-refractivity contribution in [2.24, 2.45) is 0 Å². The summed E-state index contributed by atoms with van der Waals surface area (Å²) in [5.74, 6) is -1.96. The molecular weight excluding hydrogens is 765 g/mol. The Morgan fingerprint density at radius 1 is 0.517 bits per heavy atom. The van der Waals surface area contributed by atoms with Crippen LogP contribution < -0.4 is 0 Å². The number of aliphatic hydroxyl groups excluding tert-OH is 3. The maximum Gasteiger partial charge on any atom is 0.306 e. The van der Waals surface area contributed by atoms with E-state index in [0.29, 0.717) is 12.8 Å². The predicted molar refractivity (Wildman–Crippen MR) is 229 cm³/mol. The molecule has 12 nitrogen and oxygen atoms in total. The van der Waals surface area contributed by atoms with Crippen LogP contribution in [0.2, 0.25) is 0 Å². The van der Waals surface area contributed by atoms with Gasteiger partial charge in [0.05, 0.1) is 6.61 Å². The van der Waals surface area contributed by atoms with E-state index in [1.807, 2.05) is 0 Å². The van der Waals surface area contributed by atoms with Crippen LogP contribution >= 0.6 is 0 Å². The first-order valence-corrected chi connectivity index (χ1v) is 25.2. The highest BCUT2D eigenvalue weighted by molar-refractivity contribution is 7.85. The molecule has 13 heteroatoms. The van der Waals surface area contributed by atoms with E-state index in [2.05, 4.69) is 13.8 Å². The zero-order valence-electron chi connectivity index (χ0n) is 36.7. The summed E-state index contributed by atoms with van der Waals surface area (Å²) < 4.78 is 54.0. The first-order valence-electron chi connectivity index (χ1n) is 23.6. The number of hydrogen-bond acceptors (Lipinski definition) is 11. The van der Waals surface area contributed by atoms with Crippen molar-refractivity contribution in [3.05, 3.63) is 0 Å². The Labute approximate surface area is 353 Å². The van der Waals surface area contributed by atoms with E-state index in [4.69, 9.17) is 18.9 Å². The highest BCUT2D eigenvalue weighted by atomic mass is 32.2. The lowest BCUT2D eigenvalue weighted by molar-refractivity contribution is -0.297. The van der Waals surface area contributed by atoms with E-state index in [1.165, 1.54) is 141 Å². The first kappa shape index (κ1) is 54.7. The van der Waals surface area contributed by atoms with Gasteiger partial charge in [-0.3, -0.25) is 14.1 Å². The Morgan fingerprint density at radius 3 is 1.26 bits per heavy atom. The molecule has 1 saturated heterocycles. The molecule has 1 aliphatic heterocycles. The van der Waals surface area contributed by atoms with Gasteiger partial charge in [0.2, 0.25) is 0 Å². The van der Waals surface area contributed by atoms with Crippen LogP contribution in [0.3, 0.4) is 0 Å². The Hall–Kier alpha value is -1.35. The molecule has 4 N–H and O–H groups in total. The molecule has 0 spiro atoms. The highest BCUT2D eigenvalue weighted by Crippen LogP contribution is 2.24. The summed E-state index contributed by atoms with van der Waals surface area (Å²) >= 11 is 0. The SMILES string of the molecule is CCCCCCCCCCCCCCCCCCCCCC(=O)OC[C@H](CO[C@H]1O[C@H](CS(=O)(=O)O)[C@@H](O)C(O)C1O)OC(=O)CCCCCCCCCCCCC. The number of aliphatic hydroxyl groups is 3. The van der Waals surface area contributed by atoms with Crippen LogP contribution in [-0.4, -0.2) is 96.0 Å².